The average Bonchev–Trinajstić information content (AvgIpc) is 3.12. The molecule has 0 saturated carbocycles. The number of carbonyl (C=O) groups excluding carboxylic acids is 4. The maximum absolute atomic E-state index is 12.3. The second-order valence-electron chi connectivity index (χ2n) is 11.6. The van der Waals surface area contributed by atoms with E-state index < -0.39 is 18.0 Å². The minimum absolute atomic E-state index is 0.0349. The summed E-state index contributed by atoms with van der Waals surface area (Å²) < 4.78 is 26.6. The fourth-order valence-corrected chi connectivity index (χ4v) is 4.46. The molecule has 0 bridgehead atoms. The van der Waals surface area contributed by atoms with E-state index >= 15 is 0 Å². The largest absolute Gasteiger partial charge is 0.494 e. The maximum Gasteiger partial charge on any atom is 0.335 e. The molecule has 0 aliphatic carbocycles. The lowest BCUT2D eigenvalue weighted by Crippen LogP contribution is -2.41. The van der Waals surface area contributed by atoms with Crippen molar-refractivity contribution in [3.63, 3.8) is 0 Å². The van der Waals surface area contributed by atoms with Crippen molar-refractivity contribution in [3.8, 4) is 5.75 Å². The van der Waals surface area contributed by atoms with Crippen molar-refractivity contribution in [2.24, 2.45) is 0 Å². The molecule has 1 aromatic rings. The SMILES string of the molecule is CNC(=O)COCCOCCNC(=O)COCCOCCNC(=O)CC[C@H](NC(=O)CCCCCCCCCOc1ccc(C(=O)O)cc1)C(=O)O. The predicted molar refractivity (Wildman–Crippen MR) is 188 cm³/mol. The van der Waals surface area contributed by atoms with Crippen molar-refractivity contribution < 1.29 is 62.7 Å². The molecule has 1 atom stereocenters. The fourth-order valence-electron chi connectivity index (χ4n) is 4.46. The summed E-state index contributed by atoms with van der Waals surface area (Å²) in [6, 6.07) is 5.14. The number of hydrogen-bond donors (Lipinski definition) is 6. The Morgan fingerprint density at radius 3 is 1.71 bits per heavy atom. The quantitative estimate of drug-likeness (QED) is 0.0558. The van der Waals surface area contributed by atoms with E-state index in [1.54, 1.807) is 12.1 Å². The zero-order valence-corrected chi connectivity index (χ0v) is 30.1. The summed E-state index contributed by atoms with van der Waals surface area (Å²) in [6.45, 7) is 2.31. The number of aromatic carboxylic acids is 1. The van der Waals surface area contributed by atoms with Crippen LogP contribution in [0.5, 0.6) is 5.75 Å². The Kier molecular flexibility index (Phi) is 26.6. The lowest BCUT2D eigenvalue weighted by molar-refractivity contribution is -0.142. The van der Waals surface area contributed by atoms with Crippen LogP contribution in [0.2, 0.25) is 0 Å². The first-order chi connectivity index (χ1) is 25.1. The second-order valence-corrected chi connectivity index (χ2v) is 11.6. The number of amides is 4. The molecule has 17 nitrogen and oxygen atoms in total. The van der Waals surface area contributed by atoms with Gasteiger partial charge in [-0.05, 0) is 43.5 Å². The van der Waals surface area contributed by atoms with Gasteiger partial charge in [-0.15, -0.1) is 0 Å². The van der Waals surface area contributed by atoms with Crippen molar-refractivity contribution >= 4 is 35.6 Å². The van der Waals surface area contributed by atoms with Gasteiger partial charge in [0.25, 0.3) is 0 Å². The van der Waals surface area contributed by atoms with Crippen LogP contribution in [-0.2, 0) is 42.9 Å². The summed E-state index contributed by atoms with van der Waals surface area (Å²) in [5, 5.41) is 28.6. The minimum atomic E-state index is -1.20. The van der Waals surface area contributed by atoms with Crippen molar-refractivity contribution in [1.82, 2.24) is 21.3 Å². The van der Waals surface area contributed by atoms with Gasteiger partial charge in [-0.25, -0.2) is 9.59 Å². The van der Waals surface area contributed by atoms with Crippen LogP contribution in [0.1, 0.15) is 74.6 Å². The number of carbonyl (C=O) groups is 6. The average molecular weight is 741 g/mol. The van der Waals surface area contributed by atoms with E-state index in [1.807, 2.05) is 0 Å². The number of ether oxygens (including phenoxy) is 5. The summed E-state index contributed by atoms with van der Waals surface area (Å²) in [5.41, 5.74) is 0.217. The molecule has 0 radical (unpaired) electrons. The van der Waals surface area contributed by atoms with Gasteiger partial charge in [-0.3, -0.25) is 19.2 Å². The predicted octanol–water partition coefficient (Wildman–Crippen LogP) is 1.28. The van der Waals surface area contributed by atoms with Gasteiger partial charge >= 0.3 is 11.9 Å². The molecule has 1 aromatic carbocycles. The van der Waals surface area contributed by atoms with Gasteiger partial charge in [0.15, 0.2) is 0 Å². The molecule has 0 aliphatic rings. The number of hydrogen-bond acceptors (Lipinski definition) is 11. The first-order valence-corrected chi connectivity index (χ1v) is 17.7. The molecule has 52 heavy (non-hydrogen) atoms. The first-order valence-electron chi connectivity index (χ1n) is 17.7. The Hall–Kier alpha value is -4.32. The Bertz CT molecular complexity index is 1180. The molecule has 0 unspecified atom stereocenters. The third kappa shape index (κ3) is 25.6. The maximum atomic E-state index is 12.3. The van der Waals surface area contributed by atoms with E-state index in [-0.39, 0.29) is 101 Å². The van der Waals surface area contributed by atoms with Crippen LogP contribution in [0.25, 0.3) is 0 Å². The minimum Gasteiger partial charge on any atom is -0.494 e. The number of unbranched alkanes of at least 4 members (excludes halogenated alkanes) is 6. The molecule has 4 amide bonds. The lowest BCUT2D eigenvalue weighted by Gasteiger charge is -2.14. The van der Waals surface area contributed by atoms with Gasteiger partial charge in [0.2, 0.25) is 23.6 Å². The molecule has 1 rings (SSSR count). The summed E-state index contributed by atoms with van der Waals surface area (Å²) in [4.78, 5) is 69.6. The van der Waals surface area contributed by atoms with E-state index in [4.69, 9.17) is 28.8 Å². The van der Waals surface area contributed by atoms with Crippen LogP contribution >= 0.6 is 0 Å². The van der Waals surface area contributed by atoms with E-state index in [1.165, 1.54) is 19.2 Å². The number of aliphatic carboxylic acids is 1. The second kappa shape index (κ2) is 30.3. The number of rotatable bonds is 33. The molecule has 0 heterocycles. The Morgan fingerprint density at radius 1 is 0.596 bits per heavy atom. The standard InChI is InChI=1S/C35H56N4O13/c1-36-32(42)25-50-23-21-49-20-17-38-33(43)26-51-24-22-48-19-16-37-30(40)15-14-29(35(46)47)39-31(41)9-7-5-3-2-4-6-8-18-52-28-12-10-27(11-13-28)34(44)45/h10-13,29H,2-9,14-26H2,1H3,(H,36,42)(H,37,40)(H,38,43)(H,39,41)(H,44,45)(H,46,47)/t29-/m0/s1. The highest BCUT2D eigenvalue weighted by atomic mass is 16.5. The number of carboxylic acid groups (broad SMARTS) is 2. The molecule has 0 fully saturated rings. The number of likely N-dealkylation sites (N-methyl/N-ethyl adjacent to an activating group) is 1. The van der Waals surface area contributed by atoms with Crippen molar-refractivity contribution in [3.05, 3.63) is 29.8 Å². The molecule has 0 aromatic heterocycles. The molecule has 6 N–H and O–H groups in total. The van der Waals surface area contributed by atoms with Gasteiger partial charge in [0, 0.05) is 33.0 Å². The van der Waals surface area contributed by atoms with E-state index in [9.17, 15) is 33.9 Å². The Labute approximate surface area is 304 Å². The van der Waals surface area contributed by atoms with Gasteiger partial charge < -0.3 is 55.2 Å². The zero-order chi connectivity index (χ0) is 38.2. The summed E-state index contributed by atoms with van der Waals surface area (Å²) in [7, 11) is 1.52. The van der Waals surface area contributed by atoms with Crippen molar-refractivity contribution in [1.29, 1.82) is 0 Å². The number of benzene rings is 1. The molecule has 0 saturated heterocycles. The highest BCUT2D eigenvalue weighted by Gasteiger charge is 2.20. The van der Waals surface area contributed by atoms with Gasteiger partial charge in [0.05, 0.1) is 51.8 Å². The zero-order valence-electron chi connectivity index (χ0n) is 30.1. The Balaban J connectivity index is 1.96. The molecule has 294 valence electrons. The van der Waals surface area contributed by atoms with Crippen LogP contribution in [0.15, 0.2) is 24.3 Å². The van der Waals surface area contributed by atoms with Gasteiger partial charge in [0.1, 0.15) is 25.0 Å². The highest BCUT2D eigenvalue weighted by molar-refractivity contribution is 5.87. The lowest BCUT2D eigenvalue weighted by atomic mass is 10.1. The topological polar surface area (TPSA) is 237 Å². The molecular weight excluding hydrogens is 684 g/mol. The van der Waals surface area contributed by atoms with Crippen LogP contribution < -0.4 is 26.0 Å². The third-order valence-corrected chi connectivity index (χ3v) is 7.34. The van der Waals surface area contributed by atoms with Gasteiger partial charge in [-0.2, -0.15) is 0 Å². The van der Waals surface area contributed by atoms with Gasteiger partial charge in [-0.1, -0.05) is 32.1 Å². The van der Waals surface area contributed by atoms with E-state index in [2.05, 4.69) is 21.3 Å². The van der Waals surface area contributed by atoms with Crippen molar-refractivity contribution in [2.75, 3.05) is 79.6 Å². The smallest absolute Gasteiger partial charge is 0.335 e. The number of nitrogens with one attached hydrogen (secondary N) is 4. The fraction of sp³-hybridized carbons (Fsp3) is 0.657. The van der Waals surface area contributed by atoms with E-state index in [0.29, 0.717) is 31.9 Å². The van der Waals surface area contributed by atoms with Crippen LogP contribution in [-0.4, -0.2) is 131 Å². The molecular formula is C35H56N4O13. The Morgan fingerprint density at radius 2 is 1.13 bits per heavy atom. The molecule has 17 heteroatoms. The summed E-state index contributed by atoms with van der Waals surface area (Å²) >= 11 is 0. The molecule has 0 spiro atoms. The highest BCUT2D eigenvalue weighted by Crippen LogP contribution is 2.14. The monoisotopic (exact) mass is 740 g/mol. The van der Waals surface area contributed by atoms with Crippen LogP contribution in [0.4, 0.5) is 0 Å². The number of carboxylic acids is 2. The van der Waals surface area contributed by atoms with Crippen LogP contribution in [0.3, 0.4) is 0 Å². The van der Waals surface area contributed by atoms with Crippen LogP contribution in [0, 0.1) is 0 Å². The van der Waals surface area contributed by atoms with Crippen molar-refractivity contribution in [2.45, 2.75) is 70.3 Å². The van der Waals surface area contributed by atoms with E-state index in [0.717, 1.165) is 38.5 Å². The summed E-state index contributed by atoms with van der Waals surface area (Å²) in [6.07, 6.45) is 6.46. The first kappa shape index (κ1) is 45.7. The molecule has 0 aliphatic heterocycles. The summed E-state index contributed by atoms with van der Waals surface area (Å²) in [5.74, 6) is -2.79. The third-order valence-electron chi connectivity index (χ3n) is 7.34. The normalized spacial score (nSPS) is 11.3.